The van der Waals surface area contributed by atoms with Crippen molar-refractivity contribution in [2.75, 3.05) is 12.3 Å². The summed E-state index contributed by atoms with van der Waals surface area (Å²) in [6.45, 7) is 0.428. The van der Waals surface area contributed by atoms with Crippen LogP contribution >= 0.6 is 23.4 Å². The zero-order chi connectivity index (χ0) is 15.5. The molecule has 0 saturated carbocycles. The maximum Gasteiger partial charge on any atom is 0.261 e. The summed E-state index contributed by atoms with van der Waals surface area (Å²) in [5.41, 5.74) is 2.15. The van der Waals surface area contributed by atoms with E-state index in [1.807, 2.05) is 24.3 Å². The second kappa shape index (κ2) is 6.55. The predicted molar refractivity (Wildman–Crippen MR) is 89.4 cm³/mol. The molecule has 2 aromatic rings. The highest BCUT2D eigenvalue weighted by molar-refractivity contribution is 7.98. The van der Waals surface area contributed by atoms with Gasteiger partial charge in [-0.15, -0.1) is 0 Å². The zero-order valence-electron chi connectivity index (χ0n) is 11.8. The Morgan fingerprint density at radius 1 is 0.955 bits per heavy atom. The summed E-state index contributed by atoms with van der Waals surface area (Å²) in [7, 11) is 0. The predicted octanol–water partition coefficient (Wildman–Crippen LogP) is 3.87. The summed E-state index contributed by atoms with van der Waals surface area (Å²) in [5.74, 6) is 1.13. The van der Waals surface area contributed by atoms with Gasteiger partial charge in [-0.25, -0.2) is 0 Å². The summed E-state index contributed by atoms with van der Waals surface area (Å²) in [4.78, 5) is 25.7. The second-order valence-electron chi connectivity index (χ2n) is 4.99. The molecule has 1 aliphatic heterocycles. The number of fused-ring (bicyclic) bond motifs is 1. The van der Waals surface area contributed by atoms with Crippen LogP contribution in [-0.4, -0.2) is 29.0 Å². The van der Waals surface area contributed by atoms with Crippen molar-refractivity contribution in [3.63, 3.8) is 0 Å². The van der Waals surface area contributed by atoms with E-state index in [-0.39, 0.29) is 11.8 Å². The van der Waals surface area contributed by atoms with Gasteiger partial charge in [0.2, 0.25) is 0 Å². The molecule has 0 N–H and O–H groups in total. The number of halogens is 1. The number of nitrogens with zero attached hydrogens (tertiary/aromatic N) is 1. The van der Waals surface area contributed by atoms with Crippen LogP contribution < -0.4 is 0 Å². The van der Waals surface area contributed by atoms with Crippen molar-refractivity contribution in [3.8, 4) is 0 Å². The average Bonchev–Trinajstić information content (AvgIpc) is 2.77. The first-order valence-electron chi connectivity index (χ1n) is 6.94. The standard InChI is InChI=1S/C17H14ClNO2S/c18-13-5-3-4-12(10-13)11-22-9-8-19-16(20)14-6-1-2-7-15(14)17(19)21/h1-7,10H,8-9,11H2. The molecule has 0 aliphatic carbocycles. The molecular formula is C17H14ClNO2S. The Morgan fingerprint density at radius 3 is 2.27 bits per heavy atom. The van der Waals surface area contributed by atoms with Crippen LogP contribution in [0.5, 0.6) is 0 Å². The van der Waals surface area contributed by atoms with Crippen molar-refractivity contribution in [1.29, 1.82) is 0 Å². The van der Waals surface area contributed by atoms with E-state index in [0.717, 1.165) is 16.3 Å². The fraction of sp³-hybridized carbons (Fsp3) is 0.176. The van der Waals surface area contributed by atoms with Gasteiger partial charge in [-0.05, 0) is 29.8 Å². The lowest BCUT2D eigenvalue weighted by Gasteiger charge is -2.13. The highest BCUT2D eigenvalue weighted by Gasteiger charge is 2.34. The largest absolute Gasteiger partial charge is 0.274 e. The van der Waals surface area contributed by atoms with Crippen LogP contribution in [0.4, 0.5) is 0 Å². The summed E-state index contributed by atoms with van der Waals surface area (Å²) in [5, 5.41) is 0.721. The molecule has 0 unspecified atom stereocenters. The van der Waals surface area contributed by atoms with Crippen molar-refractivity contribution in [1.82, 2.24) is 4.90 Å². The number of rotatable bonds is 5. The fourth-order valence-electron chi connectivity index (χ4n) is 2.41. The van der Waals surface area contributed by atoms with Crippen molar-refractivity contribution in [2.45, 2.75) is 5.75 Å². The zero-order valence-corrected chi connectivity index (χ0v) is 13.4. The number of hydrogen-bond donors (Lipinski definition) is 0. The first-order chi connectivity index (χ1) is 10.7. The summed E-state index contributed by atoms with van der Waals surface area (Å²) in [6, 6.07) is 14.7. The van der Waals surface area contributed by atoms with Gasteiger partial charge in [-0.1, -0.05) is 35.9 Å². The van der Waals surface area contributed by atoms with Gasteiger partial charge in [-0.3, -0.25) is 14.5 Å². The van der Waals surface area contributed by atoms with E-state index in [9.17, 15) is 9.59 Å². The molecule has 2 amide bonds. The molecule has 1 heterocycles. The van der Waals surface area contributed by atoms with Crippen LogP contribution in [0.3, 0.4) is 0 Å². The van der Waals surface area contributed by atoms with Crippen LogP contribution in [-0.2, 0) is 5.75 Å². The average molecular weight is 332 g/mol. The lowest BCUT2D eigenvalue weighted by molar-refractivity contribution is 0.0664. The lowest BCUT2D eigenvalue weighted by Crippen LogP contribution is -2.31. The maximum absolute atomic E-state index is 12.2. The third-order valence-corrected chi connectivity index (χ3v) is 4.74. The van der Waals surface area contributed by atoms with E-state index in [1.165, 1.54) is 4.90 Å². The minimum atomic E-state index is -0.191. The molecule has 0 aromatic heterocycles. The number of benzene rings is 2. The molecule has 0 radical (unpaired) electrons. The Balaban J connectivity index is 1.55. The van der Waals surface area contributed by atoms with Gasteiger partial charge in [0.05, 0.1) is 11.1 Å². The van der Waals surface area contributed by atoms with Gasteiger partial charge in [0, 0.05) is 23.1 Å². The maximum atomic E-state index is 12.2. The molecular weight excluding hydrogens is 318 g/mol. The highest BCUT2D eigenvalue weighted by Crippen LogP contribution is 2.23. The minimum absolute atomic E-state index is 0.191. The van der Waals surface area contributed by atoms with Crippen LogP contribution in [0.2, 0.25) is 5.02 Å². The number of carbonyl (C=O) groups excluding carboxylic acids is 2. The Morgan fingerprint density at radius 2 is 1.64 bits per heavy atom. The molecule has 0 fully saturated rings. The van der Waals surface area contributed by atoms with E-state index in [0.29, 0.717) is 23.4 Å². The number of hydrogen-bond acceptors (Lipinski definition) is 3. The van der Waals surface area contributed by atoms with E-state index >= 15 is 0 Å². The van der Waals surface area contributed by atoms with Gasteiger partial charge in [0.15, 0.2) is 0 Å². The molecule has 0 saturated heterocycles. The monoisotopic (exact) mass is 331 g/mol. The Kier molecular flexibility index (Phi) is 4.50. The third kappa shape index (κ3) is 3.03. The fourth-order valence-corrected chi connectivity index (χ4v) is 3.50. The molecule has 0 bridgehead atoms. The third-order valence-electron chi connectivity index (χ3n) is 3.50. The highest BCUT2D eigenvalue weighted by atomic mass is 35.5. The Labute approximate surface area is 138 Å². The first kappa shape index (κ1) is 15.1. The minimum Gasteiger partial charge on any atom is -0.274 e. The second-order valence-corrected chi connectivity index (χ2v) is 6.53. The molecule has 112 valence electrons. The van der Waals surface area contributed by atoms with Crippen LogP contribution in [0.25, 0.3) is 0 Å². The molecule has 3 rings (SSSR count). The summed E-state index contributed by atoms with van der Waals surface area (Å²) >= 11 is 7.62. The Bertz CT molecular complexity index is 697. The molecule has 1 aliphatic rings. The lowest BCUT2D eigenvalue weighted by atomic mass is 10.1. The molecule has 0 atom stereocenters. The van der Waals surface area contributed by atoms with Crippen LogP contribution in [0.1, 0.15) is 26.3 Å². The van der Waals surface area contributed by atoms with Crippen LogP contribution in [0.15, 0.2) is 48.5 Å². The smallest absolute Gasteiger partial charge is 0.261 e. The van der Waals surface area contributed by atoms with E-state index in [4.69, 9.17) is 11.6 Å². The van der Waals surface area contributed by atoms with Crippen LogP contribution in [0, 0.1) is 0 Å². The summed E-state index contributed by atoms with van der Waals surface area (Å²) < 4.78 is 0. The number of thioether (sulfide) groups is 1. The van der Waals surface area contributed by atoms with Gasteiger partial charge in [-0.2, -0.15) is 11.8 Å². The number of amides is 2. The van der Waals surface area contributed by atoms with Gasteiger partial charge in [0.25, 0.3) is 11.8 Å². The van der Waals surface area contributed by atoms with Gasteiger partial charge >= 0.3 is 0 Å². The molecule has 3 nitrogen and oxygen atoms in total. The van der Waals surface area contributed by atoms with Gasteiger partial charge < -0.3 is 0 Å². The molecule has 5 heteroatoms. The first-order valence-corrected chi connectivity index (χ1v) is 8.47. The van der Waals surface area contributed by atoms with Crippen molar-refractivity contribution < 1.29 is 9.59 Å². The van der Waals surface area contributed by atoms with Crippen molar-refractivity contribution >= 4 is 35.2 Å². The van der Waals surface area contributed by atoms with Gasteiger partial charge in [0.1, 0.15) is 0 Å². The topological polar surface area (TPSA) is 37.4 Å². The normalized spacial score (nSPS) is 13.6. The SMILES string of the molecule is O=C1c2ccccc2C(=O)N1CCSCc1cccc(Cl)c1. The molecule has 22 heavy (non-hydrogen) atoms. The molecule has 0 spiro atoms. The molecule has 2 aromatic carbocycles. The number of imide groups is 1. The summed E-state index contributed by atoms with van der Waals surface area (Å²) in [6.07, 6.45) is 0. The van der Waals surface area contributed by atoms with E-state index < -0.39 is 0 Å². The Hall–Kier alpha value is -1.78. The van der Waals surface area contributed by atoms with Crippen molar-refractivity contribution in [3.05, 3.63) is 70.2 Å². The quantitative estimate of drug-likeness (QED) is 0.616. The van der Waals surface area contributed by atoms with E-state index in [2.05, 4.69) is 0 Å². The van der Waals surface area contributed by atoms with E-state index in [1.54, 1.807) is 36.0 Å². The van der Waals surface area contributed by atoms with Crippen molar-refractivity contribution in [2.24, 2.45) is 0 Å². The number of carbonyl (C=O) groups is 2.